The van der Waals surface area contributed by atoms with E-state index in [0.717, 1.165) is 13.0 Å². The first-order valence-electron chi connectivity index (χ1n) is 6.86. The van der Waals surface area contributed by atoms with Gasteiger partial charge in [0.1, 0.15) is 0 Å². The van der Waals surface area contributed by atoms with Gasteiger partial charge in [0, 0.05) is 24.2 Å². The zero-order valence-electron chi connectivity index (χ0n) is 11.0. The molecule has 0 amide bonds. The summed E-state index contributed by atoms with van der Waals surface area (Å²) < 4.78 is 6.27. The molecule has 2 aromatic carbocycles. The second-order valence-electron chi connectivity index (χ2n) is 5.37. The second-order valence-corrected chi connectivity index (χ2v) is 5.37. The van der Waals surface area contributed by atoms with Crippen molar-refractivity contribution in [1.29, 1.82) is 0 Å². The molecule has 0 radical (unpaired) electrons. The maximum absolute atomic E-state index is 6.27. The van der Waals surface area contributed by atoms with E-state index >= 15 is 0 Å². The Bertz CT molecular complexity index is 610. The zero-order chi connectivity index (χ0) is 12.9. The van der Waals surface area contributed by atoms with Crippen LogP contribution in [0.4, 0.5) is 5.69 Å². The minimum atomic E-state index is -0.301. The van der Waals surface area contributed by atoms with Gasteiger partial charge < -0.3 is 9.64 Å². The van der Waals surface area contributed by atoms with Crippen LogP contribution in [0.2, 0.25) is 0 Å². The first-order chi connectivity index (χ1) is 9.34. The maximum Gasteiger partial charge on any atom is 0.174 e. The average molecular weight is 251 g/mol. The van der Waals surface area contributed by atoms with Crippen LogP contribution in [0.25, 0.3) is 0 Å². The summed E-state index contributed by atoms with van der Waals surface area (Å²) in [6.45, 7) is 0.832. The van der Waals surface area contributed by atoms with Gasteiger partial charge in [0.15, 0.2) is 5.72 Å². The number of fused-ring (bicyclic) bond motifs is 3. The van der Waals surface area contributed by atoms with Crippen LogP contribution in [0.1, 0.15) is 23.5 Å². The van der Waals surface area contributed by atoms with Crippen LogP contribution >= 0.6 is 0 Å². The molecule has 4 rings (SSSR count). The number of hydrogen-bond acceptors (Lipinski definition) is 2. The van der Waals surface area contributed by atoms with E-state index in [1.54, 1.807) is 0 Å². The summed E-state index contributed by atoms with van der Waals surface area (Å²) in [6.07, 6.45) is 1.09. The normalized spacial score (nSPS) is 28.3. The topological polar surface area (TPSA) is 12.5 Å². The highest BCUT2D eigenvalue weighted by atomic mass is 16.5. The number of ether oxygens (including phenoxy) is 1. The Balaban J connectivity index is 1.94. The standard InChI is InChI=1S/C17H17NO/c1-18-16-10-6-5-9-14(16)15-11-12-19-17(15,18)13-7-3-2-4-8-13/h2-10,15H,11-12H2,1H3/t15-,17-/m0/s1. The fraction of sp³-hybridized carbons (Fsp3) is 0.294. The molecule has 2 atom stereocenters. The summed E-state index contributed by atoms with van der Waals surface area (Å²) in [5, 5.41) is 0. The van der Waals surface area contributed by atoms with Gasteiger partial charge in [-0.05, 0) is 18.1 Å². The van der Waals surface area contributed by atoms with Gasteiger partial charge in [-0.15, -0.1) is 0 Å². The van der Waals surface area contributed by atoms with E-state index < -0.39 is 0 Å². The number of nitrogens with zero attached hydrogens (tertiary/aromatic N) is 1. The van der Waals surface area contributed by atoms with Crippen molar-refractivity contribution in [1.82, 2.24) is 0 Å². The lowest BCUT2D eigenvalue weighted by molar-refractivity contribution is -0.00200. The van der Waals surface area contributed by atoms with Crippen LogP contribution in [0.3, 0.4) is 0 Å². The molecule has 0 aromatic heterocycles. The molecule has 1 fully saturated rings. The Kier molecular flexibility index (Phi) is 2.24. The molecule has 1 saturated heterocycles. The van der Waals surface area contributed by atoms with Crippen LogP contribution in [0, 0.1) is 0 Å². The molecule has 2 nitrogen and oxygen atoms in total. The molecule has 0 saturated carbocycles. The Labute approximate surface area is 113 Å². The summed E-state index contributed by atoms with van der Waals surface area (Å²) in [5.41, 5.74) is 3.68. The van der Waals surface area contributed by atoms with Crippen LogP contribution in [0.15, 0.2) is 54.6 Å². The van der Waals surface area contributed by atoms with E-state index in [1.807, 2.05) is 0 Å². The monoisotopic (exact) mass is 251 g/mol. The van der Waals surface area contributed by atoms with Crippen molar-refractivity contribution in [3.63, 3.8) is 0 Å². The molecule has 0 N–H and O–H groups in total. The van der Waals surface area contributed by atoms with Crippen LogP contribution < -0.4 is 4.90 Å². The Morgan fingerprint density at radius 3 is 2.63 bits per heavy atom. The van der Waals surface area contributed by atoms with E-state index in [0.29, 0.717) is 5.92 Å². The summed E-state index contributed by atoms with van der Waals surface area (Å²) in [7, 11) is 2.15. The van der Waals surface area contributed by atoms with Gasteiger partial charge in [0.05, 0.1) is 6.61 Å². The lowest BCUT2D eigenvalue weighted by Crippen LogP contribution is -2.42. The van der Waals surface area contributed by atoms with Crippen molar-refractivity contribution in [2.75, 3.05) is 18.6 Å². The smallest absolute Gasteiger partial charge is 0.174 e. The van der Waals surface area contributed by atoms with Crippen molar-refractivity contribution in [3.8, 4) is 0 Å². The first-order valence-corrected chi connectivity index (χ1v) is 6.86. The van der Waals surface area contributed by atoms with Gasteiger partial charge in [-0.1, -0.05) is 48.5 Å². The summed E-state index contributed by atoms with van der Waals surface area (Å²) in [4.78, 5) is 2.31. The highest BCUT2D eigenvalue weighted by molar-refractivity contribution is 5.65. The Morgan fingerprint density at radius 1 is 1.05 bits per heavy atom. The molecule has 2 aromatic rings. The van der Waals surface area contributed by atoms with Crippen LogP contribution in [-0.2, 0) is 10.5 Å². The van der Waals surface area contributed by atoms with E-state index in [-0.39, 0.29) is 5.72 Å². The number of anilines is 1. The highest BCUT2D eigenvalue weighted by Gasteiger charge is 2.55. The fourth-order valence-electron chi connectivity index (χ4n) is 3.75. The first kappa shape index (κ1) is 11.1. The van der Waals surface area contributed by atoms with Crippen molar-refractivity contribution in [2.45, 2.75) is 18.1 Å². The molecule has 0 aliphatic carbocycles. The fourth-order valence-corrected chi connectivity index (χ4v) is 3.75. The largest absolute Gasteiger partial charge is 0.351 e. The van der Waals surface area contributed by atoms with Gasteiger partial charge in [-0.2, -0.15) is 0 Å². The molecule has 0 bridgehead atoms. The molecule has 19 heavy (non-hydrogen) atoms. The maximum atomic E-state index is 6.27. The molecular weight excluding hydrogens is 234 g/mol. The zero-order valence-corrected chi connectivity index (χ0v) is 11.0. The molecule has 0 spiro atoms. The highest BCUT2D eigenvalue weighted by Crippen LogP contribution is 2.57. The minimum absolute atomic E-state index is 0.301. The lowest BCUT2D eigenvalue weighted by Gasteiger charge is -2.37. The van der Waals surface area contributed by atoms with Gasteiger partial charge in [-0.3, -0.25) is 0 Å². The van der Waals surface area contributed by atoms with Crippen molar-refractivity contribution in [2.24, 2.45) is 0 Å². The molecule has 0 unspecified atom stereocenters. The van der Waals surface area contributed by atoms with Gasteiger partial charge >= 0.3 is 0 Å². The summed E-state index contributed by atoms with van der Waals surface area (Å²) in [5.74, 6) is 0.441. The second kappa shape index (κ2) is 3.84. The van der Waals surface area contributed by atoms with Crippen LogP contribution in [0.5, 0.6) is 0 Å². The SMILES string of the molecule is CN1c2ccccc2[C@@H]2CCO[C@@]21c1ccccc1. The van der Waals surface area contributed by atoms with Crippen LogP contribution in [-0.4, -0.2) is 13.7 Å². The van der Waals surface area contributed by atoms with Crippen molar-refractivity contribution in [3.05, 3.63) is 65.7 Å². The van der Waals surface area contributed by atoms with E-state index in [4.69, 9.17) is 4.74 Å². The Hall–Kier alpha value is -1.80. The number of likely N-dealkylation sites (N-methyl/N-ethyl adjacent to an activating group) is 1. The number of para-hydroxylation sites is 1. The minimum Gasteiger partial charge on any atom is -0.351 e. The summed E-state index contributed by atoms with van der Waals surface area (Å²) in [6, 6.07) is 19.3. The number of benzene rings is 2. The van der Waals surface area contributed by atoms with Gasteiger partial charge in [-0.25, -0.2) is 0 Å². The van der Waals surface area contributed by atoms with Gasteiger partial charge in [0.2, 0.25) is 0 Å². The molecular formula is C17H17NO. The Morgan fingerprint density at radius 2 is 1.79 bits per heavy atom. The lowest BCUT2D eigenvalue weighted by atomic mass is 9.86. The molecule has 2 aliphatic heterocycles. The third kappa shape index (κ3) is 1.30. The molecule has 2 aliphatic rings. The van der Waals surface area contributed by atoms with E-state index in [1.165, 1.54) is 16.8 Å². The molecule has 2 heterocycles. The van der Waals surface area contributed by atoms with Crippen molar-refractivity contribution < 1.29 is 4.74 Å². The average Bonchev–Trinajstić information content (AvgIpc) is 3.01. The summed E-state index contributed by atoms with van der Waals surface area (Å²) >= 11 is 0. The predicted octanol–water partition coefficient (Wildman–Crippen LogP) is 3.49. The predicted molar refractivity (Wildman–Crippen MR) is 76.3 cm³/mol. The van der Waals surface area contributed by atoms with E-state index in [2.05, 4.69) is 66.5 Å². The number of hydrogen-bond donors (Lipinski definition) is 0. The quantitative estimate of drug-likeness (QED) is 0.769. The third-order valence-corrected chi connectivity index (χ3v) is 4.56. The number of rotatable bonds is 1. The van der Waals surface area contributed by atoms with Crippen molar-refractivity contribution >= 4 is 5.69 Å². The molecule has 96 valence electrons. The molecule has 2 heteroatoms. The third-order valence-electron chi connectivity index (χ3n) is 4.56. The van der Waals surface area contributed by atoms with E-state index in [9.17, 15) is 0 Å². The van der Waals surface area contributed by atoms with Gasteiger partial charge in [0.25, 0.3) is 0 Å².